The van der Waals surface area contributed by atoms with Gasteiger partial charge >= 0.3 is 5.97 Å². The first-order chi connectivity index (χ1) is 10.8. The van der Waals surface area contributed by atoms with Gasteiger partial charge in [-0.3, -0.25) is 0 Å². The van der Waals surface area contributed by atoms with Crippen LogP contribution in [0.2, 0.25) is 0 Å². The number of benzene rings is 2. The van der Waals surface area contributed by atoms with Crippen LogP contribution >= 0.6 is 0 Å². The van der Waals surface area contributed by atoms with Gasteiger partial charge in [-0.2, -0.15) is 0 Å². The van der Waals surface area contributed by atoms with Crippen molar-refractivity contribution in [1.29, 1.82) is 0 Å². The molecule has 0 aliphatic carbocycles. The first kappa shape index (κ1) is 12.6. The van der Waals surface area contributed by atoms with E-state index in [4.69, 9.17) is 9.15 Å². The second kappa shape index (κ2) is 5.00. The Kier molecular flexibility index (Phi) is 2.86. The van der Waals surface area contributed by atoms with Crippen LogP contribution in [0, 0.1) is 0 Å². The largest absolute Gasteiger partial charge is 0.459 e. The molecule has 22 heavy (non-hydrogen) atoms. The minimum atomic E-state index is -0.473. The molecule has 4 nitrogen and oxygen atoms in total. The van der Waals surface area contributed by atoms with Crippen LogP contribution < -0.4 is 0 Å². The summed E-state index contributed by atoms with van der Waals surface area (Å²) in [5.74, 6) is 0.162. The number of nitrogens with zero attached hydrogens (tertiary/aromatic N) is 1. The summed E-state index contributed by atoms with van der Waals surface area (Å²) in [6.45, 7) is 0. The van der Waals surface area contributed by atoms with Crippen molar-refractivity contribution in [3.63, 3.8) is 0 Å². The zero-order valence-electron chi connectivity index (χ0n) is 11.5. The number of furan rings is 1. The minimum Gasteiger partial charge on any atom is -0.459 e. The topological polar surface area (TPSA) is 51.8 Å². The van der Waals surface area contributed by atoms with Crippen molar-refractivity contribution in [2.24, 2.45) is 4.99 Å². The van der Waals surface area contributed by atoms with Gasteiger partial charge in [0.25, 0.3) is 5.90 Å². The molecule has 0 amide bonds. The number of fused-ring (bicyclic) bond motifs is 1. The average Bonchev–Trinajstić information content (AvgIpc) is 3.18. The van der Waals surface area contributed by atoms with E-state index in [1.54, 1.807) is 18.2 Å². The highest BCUT2D eigenvalue weighted by Crippen LogP contribution is 2.24. The van der Waals surface area contributed by atoms with Gasteiger partial charge in [-0.25, -0.2) is 9.79 Å². The molecule has 0 saturated carbocycles. The molecule has 2 aromatic carbocycles. The predicted octanol–water partition coefficient (Wildman–Crippen LogP) is 3.78. The Labute approximate surface area is 126 Å². The molecule has 0 saturated heterocycles. The van der Waals surface area contributed by atoms with Gasteiger partial charge < -0.3 is 9.15 Å². The van der Waals surface area contributed by atoms with Crippen molar-refractivity contribution in [2.75, 3.05) is 0 Å². The number of esters is 1. The summed E-state index contributed by atoms with van der Waals surface area (Å²) in [6.07, 6.45) is 3.25. The van der Waals surface area contributed by atoms with Gasteiger partial charge in [0.2, 0.25) is 0 Å². The van der Waals surface area contributed by atoms with Gasteiger partial charge in [0.1, 0.15) is 0 Å². The Balaban J connectivity index is 1.80. The molecule has 1 aliphatic rings. The highest BCUT2D eigenvalue weighted by atomic mass is 16.6. The lowest BCUT2D eigenvalue weighted by atomic mass is 10.0. The van der Waals surface area contributed by atoms with Crippen LogP contribution in [-0.4, -0.2) is 11.9 Å². The highest BCUT2D eigenvalue weighted by Gasteiger charge is 2.25. The van der Waals surface area contributed by atoms with Gasteiger partial charge in [0.15, 0.2) is 11.5 Å². The molecule has 3 aromatic rings. The maximum absolute atomic E-state index is 12.0. The number of carbonyl (C=O) groups excluding carboxylic acids is 1. The van der Waals surface area contributed by atoms with Crippen molar-refractivity contribution >= 4 is 28.7 Å². The fraction of sp³-hybridized carbons (Fsp3) is 0. The average molecular weight is 289 g/mol. The number of rotatable bonds is 2. The van der Waals surface area contributed by atoms with Crippen molar-refractivity contribution in [3.05, 3.63) is 77.9 Å². The number of hydrogen-bond acceptors (Lipinski definition) is 4. The van der Waals surface area contributed by atoms with Crippen LogP contribution in [0.1, 0.15) is 11.3 Å². The van der Waals surface area contributed by atoms with E-state index >= 15 is 0 Å². The van der Waals surface area contributed by atoms with E-state index in [2.05, 4.69) is 4.99 Å². The number of aliphatic imine (C=N–C) groups is 1. The third kappa shape index (κ3) is 2.11. The molecule has 0 fully saturated rings. The summed E-state index contributed by atoms with van der Waals surface area (Å²) in [5.41, 5.74) is 1.19. The fourth-order valence-corrected chi connectivity index (χ4v) is 2.44. The molecule has 0 bridgehead atoms. The molecule has 0 N–H and O–H groups in total. The maximum atomic E-state index is 12.0. The maximum Gasteiger partial charge on any atom is 0.363 e. The summed E-state index contributed by atoms with van der Waals surface area (Å²) in [7, 11) is 0. The Hall–Kier alpha value is -3.14. The first-order valence-corrected chi connectivity index (χ1v) is 6.85. The van der Waals surface area contributed by atoms with Crippen LogP contribution in [0.15, 0.2) is 76.0 Å². The molecule has 0 radical (unpaired) electrons. The zero-order valence-corrected chi connectivity index (χ0v) is 11.5. The smallest absolute Gasteiger partial charge is 0.363 e. The Morgan fingerprint density at radius 3 is 2.68 bits per heavy atom. The monoisotopic (exact) mass is 289 g/mol. The molecule has 106 valence electrons. The van der Waals surface area contributed by atoms with Crippen molar-refractivity contribution in [2.45, 2.75) is 0 Å². The van der Waals surface area contributed by atoms with Crippen LogP contribution in [0.5, 0.6) is 0 Å². The number of cyclic esters (lactones) is 1. The molecule has 0 spiro atoms. The third-order valence-electron chi connectivity index (χ3n) is 3.47. The van der Waals surface area contributed by atoms with Crippen molar-refractivity contribution in [3.8, 4) is 0 Å². The first-order valence-electron chi connectivity index (χ1n) is 6.85. The van der Waals surface area contributed by atoms with E-state index in [-0.39, 0.29) is 11.6 Å². The summed E-state index contributed by atoms with van der Waals surface area (Å²) >= 11 is 0. The Bertz CT molecular complexity index is 915. The normalized spacial score (nSPS) is 16.1. The van der Waals surface area contributed by atoms with Crippen molar-refractivity contribution in [1.82, 2.24) is 0 Å². The van der Waals surface area contributed by atoms with Gasteiger partial charge in [-0.15, -0.1) is 0 Å². The lowest BCUT2D eigenvalue weighted by molar-refractivity contribution is -0.130. The lowest BCUT2D eigenvalue weighted by Gasteiger charge is -2.01. The second-order valence-corrected chi connectivity index (χ2v) is 4.88. The minimum absolute atomic E-state index is 0.196. The predicted molar refractivity (Wildman–Crippen MR) is 83.3 cm³/mol. The number of ether oxygens (including phenoxy) is 1. The third-order valence-corrected chi connectivity index (χ3v) is 3.47. The molecular formula is C18H11NO3. The summed E-state index contributed by atoms with van der Waals surface area (Å²) in [5, 5.41) is 2.17. The number of hydrogen-bond donors (Lipinski definition) is 0. The molecule has 1 aromatic heterocycles. The van der Waals surface area contributed by atoms with Gasteiger partial charge in [0.05, 0.1) is 6.26 Å². The van der Waals surface area contributed by atoms with Crippen molar-refractivity contribution < 1.29 is 13.9 Å². The molecule has 0 unspecified atom stereocenters. The quantitative estimate of drug-likeness (QED) is 0.533. The second-order valence-electron chi connectivity index (χ2n) is 4.88. The van der Waals surface area contributed by atoms with Crippen LogP contribution in [0.4, 0.5) is 0 Å². The molecule has 0 atom stereocenters. The van der Waals surface area contributed by atoms with Gasteiger partial charge in [-0.1, -0.05) is 42.5 Å². The molecule has 1 aliphatic heterocycles. The zero-order chi connectivity index (χ0) is 14.9. The molecule has 4 heteroatoms. The molecular weight excluding hydrogens is 278 g/mol. The fourth-order valence-electron chi connectivity index (χ4n) is 2.44. The van der Waals surface area contributed by atoms with Crippen LogP contribution in [0.25, 0.3) is 16.8 Å². The Morgan fingerprint density at radius 1 is 0.955 bits per heavy atom. The lowest BCUT2D eigenvalue weighted by Crippen LogP contribution is -2.04. The van der Waals surface area contributed by atoms with E-state index in [0.717, 1.165) is 16.3 Å². The number of carbonyl (C=O) groups is 1. The summed E-state index contributed by atoms with van der Waals surface area (Å²) in [6, 6.07) is 17.3. The SMILES string of the molecule is O=C1OC(c2ccco2)=N/C1=C/c1cccc2ccccc12. The van der Waals surface area contributed by atoms with E-state index in [1.165, 1.54) is 6.26 Å². The van der Waals surface area contributed by atoms with Crippen LogP contribution in [0.3, 0.4) is 0 Å². The van der Waals surface area contributed by atoms with Gasteiger partial charge in [-0.05, 0) is 34.5 Å². The Morgan fingerprint density at radius 2 is 1.82 bits per heavy atom. The van der Waals surface area contributed by atoms with E-state index < -0.39 is 5.97 Å². The van der Waals surface area contributed by atoms with E-state index in [9.17, 15) is 4.79 Å². The summed E-state index contributed by atoms with van der Waals surface area (Å²) < 4.78 is 10.4. The van der Waals surface area contributed by atoms with E-state index in [0.29, 0.717) is 5.76 Å². The molecule has 4 rings (SSSR count). The molecule has 2 heterocycles. The van der Waals surface area contributed by atoms with Gasteiger partial charge in [0, 0.05) is 0 Å². The standard InChI is InChI=1S/C18H11NO3/c20-18-15(19-17(22-18)16-9-4-10-21-16)11-13-7-3-6-12-5-1-2-8-14(12)13/h1-11H/b15-11+. The summed E-state index contributed by atoms with van der Waals surface area (Å²) in [4.78, 5) is 16.2. The highest BCUT2D eigenvalue weighted by molar-refractivity contribution is 6.12. The van der Waals surface area contributed by atoms with E-state index in [1.807, 2.05) is 42.5 Å². The van der Waals surface area contributed by atoms with Crippen LogP contribution in [-0.2, 0) is 9.53 Å².